The summed E-state index contributed by atoms with van der Waals surface area (Å²) in [4.78, 5) is 9.95. The molecular formula is C22H28F5N5O. The molecule has 1 aliphatic heterocycles. The minimum atomic E-state index is -4.68. The number of anilines is 1. The van der Waals surface area contributed by atoms with Gasteiger partial charge >= 0.3 is 6.18 Å². The third-order valence-electron chi connectivity index (χ3n) is 5.79. The Labute approximate surface area is 188 Å². The molecule has 1 aliphatic rings. The Morgan fingerprint density at radius 2 is 1.91 bits per heavy atom. The van der Waals surface area contributed by atoms with Gasteiger partial charge in [-0.3, -0.25) is 0 Å². The highest BCUT2D eigenvalue weighted by atomic mass is 19.4. The predicted octanol–water partition coefficient (Wildman–Crippen LogP) is 4.83. The molecule has 0 aromatic carbocycles. The topological polar surface area (TPSA) is 80.2 Å². The highest BCUT2D eigenvalue weighted by molar-refractivity contribution is 5.63. The van der Waals surface area contributed by atoms with Gasteiger partial charge in [0.15, 0.2) is 0 Å². The molecule has 0 amide bonds. The Hall–Kier alpha value is -2.53. The van der Waals surface area contributed by atoms with Crippen molar-refractivity contribution < 1.29 is 27.1 Å². The van der Waals surface area contributed by atoms with Crippen molar-refractivity contribution in [1.82, 2.24) is 19.4 Å². The minimum absolute atomic E-state index is 0.0959. The maximum absolute atomic E-state index is 13.4. The number of halogens is 5. The Bertz CT molecular complexity index is 992. The summed E-state index contributed by atoms with van der Waals surface area (Å²) in [6.45, 7) is 8.64. The lowest BCUT2D eigenvalue weighted by molar-refractivity contribution is -0.137. The van der Waals surface area contributed by atoms with E-state index in [1.165, 1.54) is 12.4 Å². The van der Waals surface area contributed by atoms with Gasteiger partial charge in [0, 0.05) is 62.6 Å². The third kappa shape index (κ3) is 5.89. The molecule has 0 bridgehead atoms. The van der Waals surface area contributed by atoms with Crippen LogP contribution in [0.4, 0.5) is 27.8 Å². The number of nitrogens with two attached hydrogens (primary N) is 1. The van der Waals surface area contributed by atoms with Gasteiger partial charge in [0.1, 0.15) is 17.7 Å². The van der Waals surface area contributed by atoms with Crippen LogP contribution in [0.2, 0.25) is 0 Å². The van der Waals surface area contributed by atoms with E-state index in [1.807, 2.05) is 4.90 Å². The Morgan fingerprint density at radius 3 is 2.48 bits per heavy atom. The highest BCUT2D eigenvalue weighted by Crippen LogP contribution is 2.36. The summed E-state index contributed by atoms with van der Waals surface area (Å²) in [5.74, 6) is -3.25. The number of hydrogen-bond donors (Lipinski definition) is 2. The maximum atomic E-state index is 13.4. The zero-order valence-corrected chi connectivity index (χ0v) is 18.5. The Morgan fingerprint density at radius 1 is 1.27 bits per heavy atom. The molecule has 11 heteroatoms. The van der Waals surface area contributed by atoms with Gasteiger partial charge in [0.05, 0.1) is 11.3 Å². The van der Waals surface area contributed by atoms with E-state index < -0.39 is 29.6 Å². The molecule has 0 unspecified atom stereocenters. The van der Waals surface area contributed by atoms with Crippen LogP contribution in [0.25, 0.3) is 17.0 Å². The summed E-state index contributed by atoms with van der Waals surface area (Å²) in [5.41, 5.74) is 5.14. The van der Waals surface area contributed by atoms with Crippen LogP contribution in [0.3, 0.4) is 0 Å². The van der Waals surface area contributed by atoms with Gasteiger partial charge in [-0.05, 0) is 12.0 Å². The van der Waals surface area contributed by atoms with E-state index >= 15 is 0 Å². The molecule has 3 heterocycles. The number of nitrogen functional groups attached to an aromatic ring is 1. The van der Waals surface area contributed by atoms with Crippen molar-refractivity contribution in [3.63, 3.8) is 0 Å². The smallest absolute Gasteiger partial charge is 0.385 e. The lowest BCUT2D eigenvalue weighted by atomic mass is 10.1. The molecule has 6 nitrogen and oxygen atoms in total. The summed E-state index contributed by atoms with van der Waals surface area (Å²) >= 11 is 0. The van der Waals surface area contributed by atoms with Gasteiger partial charge in [-0.2, -0.15) is 13.2 Å². The molecule has 2 aromatic rings. The van der Waals surface area contributed by atoms with Crippen LogP contribution in [0.15, 0.2) is 25.0 Å². The zero-order chi connectivity index (χ0) is 24.6. The number of alkyl halides is 5. The molecule has 0 spiro atoms. The first-order valence-corrected chi connectivity index (χ1v) is 10.7. The molecular weight excluding hydrogens is 445 g/mol. The van der Waals surface area contributed by atoms with Gasteiger partial charge in [-0.15, -0.1) is 0 Å². The highest BCUT2D eigenvalue weighted by Gasteiger charge is 2.35. The number of nitrogens with zero attached hydrogens (tertiary/aromatic N) is 4. The van der Waals surface area contributed by atoms with E-state index in [-0.39, 0.29) is 48.9 Å². The van der Waals surface area contributed by atoms with Crippen LogP contribution >= 0.6 is 0 Å². The lowest BCUT2D eigenvalue weighted by Crippen LogP contribution is -2.39. The van der Waals surface area contributed by atoms with Crippen molar-refractivity contribution in [3.8, 4) is 11.3 Å². The molecule has 1 atom stereocenters. The number of aliphatic hydroxyl groups is 1. The van der Waals surface area contributed by atoms with Crippen molar-refractivity contribution in [2.75, 3.05) is 25.4 Å². The summed E-state index contributed by atoms with van der Waals surface area (Å²) in [6.07, 6.45) is -2.96. The number of hydrogen-bond acceptors (Lipinski definition) is 5. The average molecular weight is 473 g/mol. The average Bonchev–Trinajstić information content (AvgIpc) is 3.17. The van der Waals surface area contributed by atoms with E-state index in [1.54, 1.807) is 18.4 Å². The first kappa shape index (κ1) is 25.1. The van der Waals surface area contributed by atoms with Gasteiger partial charge in [0.25, 0.3) is 5.92 Å². The zero-order valence-electron chi connectivity index (χ0n) is 18.5. The second-order valence-corrected chi connectivity index (χ2v) is 8.71. The van der Waals surface area contributed by atoms with E-state index in [9.17, 15) is 27.1 Å². The van der Waals surface area contributed by atoms with Crippen molar-refractivity contribution in [2.24, 2.45) is 5.92 Å². The van der Waals surface area contributed by atoms with Crippen molar-refractivity contribution in [2.45, 2.75) is 51.3 Å². The van der Waals surface area contributed by atoms with Crippen LogP contribution in [-0.2, 0) is 6.18 Å². The normalized spacial score (nSPS) is 18.0. The molecule has 2 aromatic heterocycles. The van der Waals surface area contributed by atoms with E-state index in [4.69, 9.17) is 5.73 Å². The second kappa shape index (κ2) is 9.38. The van der Waals surface area contributed by atoms with Crippen molar-refractivity contribution in [3.05, 3.63) is 36.4 Å². The number of likely N-dealkylation sites (tertiary alicyclic amines) is 1. The standard InChI is InChI=1S/C22H28F5N5O/c1-13(2)18(33)20-30-17(15-10-16(22(25,26)27)19(28)29-11-15)12-32(20)14(3)4-7-31-8-5-21(23,24)6-9-31/h10-13,18,33H,3-9H2,1-2H3,(H2,28,29)/t18-/m0/s1. The number of imidazole rings is 1. The number of pyridine rings is 1. The minimum Gasteiger partial charge on any atom is -0.385 e. The molecule has 1 fully saturated rings. The summed E-state index contributed by atoms with van der Waals surface area (Å²) in [6, 6.07) is 0.872. The van der Waals surface area contributed by atoms with Crippen molar-refractivity contribution >= 4 is 11.5 Å². The van der Waals surface area contributed by atoms with E-state index in [0.717, 1.165) is 6.07 Å². The first-order valence-electron chi connectivity index (χ1n) is 10.7. The summed E-state index contributed by atoms with van der Waals surface area (Å²) in [5, 5.41) is 10.7. The van der Waals surface area contributed by atoms with Crippen LogP contribution < -0.4 is 5.73 Å². The molecule has 3 rings (SSSR count). The van der Waals surface area contributed by atoms with Gasteiger partial charge in [-0.1, -0.05) is 20.4 Å². The fourth-order valence-corrected chi connectivity index (χ4v) is 3.65. The van der Waals surface area contributed by atoms with Gasteiger partial charge < -0.3 is 20.3 Å². The second-order valence-electron chi connectivity index (χ2n) is 8.71. The number of piperidine rings is 1. The summed E-state index contributed by atoms with van der Waals surface area (Å²) in [7, 11) is 0. The SMILES string of the molecule is C=C(CCN1CCC(F)(F)CC1)n1cc(-c2cnc(N)c(C(F)(F)F)c2)nc1[C@@H](O)C(C)C. The maximum Gasteiger partial charge on any atom is 0.419 e. The molecule has 33 heavy (non-hydrogen) atoms. The van der Waals surface area contributed by atoms with Crippen LogP contribution in [0.5, 0.6) is 0 Å². The van der Waals surface area contributed by atoms with Crippen LogP contribution in [0.1, 0.15) is 50.6 Å². The molecule has 0 radical (unpaired) electrons. The van der Waals surface area contributed by atoms with Gasteiger partial charge in [0.2, 0.25) is 0 Å². The largest absolute Gasteiger partial charge is 0.419 e. The fraction of sp³-hybridized carbons (Fsp3) is 0.545. The molecule has 3 N–H and O–H groups in total. The van der Waals surface area contributed by atoms with Crippen LogP contribution in [-0.4, -0.2) is 50.1 Å². The molecule has 1 saturated heterocycles. The predicted molar refractivity (Wildman–Crippen MR) is 115 cm³/mol. The lowest BCUT2D eigenvalue weighted by Gasteiger charge is -2.31. The third-order valence-corrected chi connectivity index (χ3v) is 5.79. The quantitative estimate of drug-likeness (QED) is 0.564. The van der Waals surface area contributed by atoms with E-state index in [2.05, 4.69) is 16.5 Å². The molecule has 0 saturated carbocycles. The van der Waals surface area contributed by atoms with Crippen molar-refractivity contribution in [1.29, 1.82) is 0 Å². The van der Waals surface area contributed by atoms with Crippen LogP contribution in [0, 0.1) is 5.92 Å². The fourth-order valence-electron chi connectivity index (χ4n) is 3.65. The Balaban J connectivity index is 1.86. The van der Waals surface area contributed by atoms with Gasteiger partial charge in [-0.25, -0.2) is 18.7 Å². The van der Waals surface area contributed by atoms with E-state index in [0.29, 0.717) is 18.7 Å². The molecule has 0 aliphatic carbocycles. The Kier molecular flexibility index (Phi) is 7.13. The summed E-state index contributed by atoms with van der Waals surface area (Å²) < 4.78 is 68.1. The first-order chi connectivity index (χ1) is 15.3. The molecule has 182 valence electrons. The number of aromatic nitrogens is 3. The number of rotatable bonds is 7. The number of aliphatic hydroxyl groups excluding tert-OH is 1. The monoisotopic (exact) mass is 473 g/mol.